The van der Waals surface area contributed by atoms with E-state index in [0.717, 1.165) is 0 Å². The van der Waals surface area contributed by atoms with Crippen LogP contribution in [0.2, 0.25) is 0 Å². The lowest BCUT2D eigenvalue weighted by molar-refractivity contribution is -0.161. The number of allylic oxidation sites excluding steroid dienone is 2. The highest BCUT2D eigenvalue weighted by Gasteiger charge is 2.53. The highest BCUT2D eigenvalue weighted by molar-refractivity contribution is 5.90. The van der Waals surface area contributed by atoms with E-state index in [9.17, 15) is 24.9 Å². The van der Waals surface area contributed by atoms with Crippen molar-refractivity contribution in [2.75, 3.05) is 20.3 Å². The Bertz CT molecular complexity index is 678. The first kappa shape index (κ1) is 23.8. The van der Waals surface area contributed by atoms with Crippen LogP contribution in [-0.4, -0.2) is 59.8 Å². The first-order valence-corrected chi connectivity index (χ1v) is 8.96. The van der Waals surface area contributed by atoms with Crippen LogP contribution in [-0.2, 0) is 19.1 Å². The predicted octanol–water partition coefficient (Wildman–Crippen LogP) is 1.30. The second-order valence-electron chi connectivity index (χ2n) is 7.16. The fourth-order valence-corrected chi connectivity index (χ4v) is 3.82. The van der Waals surface area contributed by atoms with Gasteiger partial charge in [-0.1, -0.05) is 32.2 Å². The Morgan fingerprint density at radius 3 is 2.25 bits per heavy atom. The molecule has 7 heteroatoms. The summed E-state index contributed by atoms with van der Waals surface area (Å²) in [4.78, 5) is 24.5. The molecule has 7 nitrogen and oxygen atoms in total. The first-order valence-electron chi connectivity index (χ1n) is 8.96. The van der Waals surface area contributed by atoms with Crippen molar-refractivity contribution in [3.8, 4) is 0 Å². The van der Waals surface area contributed by atoms with Crippen molar-refractivity contribution >= 4 is 11.9 Å². The highest BCUT2D eigenvalue weighted by atomic mass is 16.5. The number of ether oxygens (including phenoxy) is 2. The highest BCUT2D eigenvalue weighted by Crippen LogP contribution is 2.50. The van der Waals surface area contributed by atoms with Crippen molar-refractivity contribution in [1.82, 2.24) is 0 Å². The minimum Gasteiger partial charge on any atom is -0.466 e. The van der Waals surface area contributed by atoms with E-state index in [-0.39, 0.29) is 24.2 Å². The topological polar surface area (TPSA) is 113 Å². The minimum absolute atomic E-state index is 0.0547. The maximum atomic E-state index is 12.4. The molecule has 3 N–H and O–H groups in total. The van der Waals surface area contributed by atoms with Gasteiger partial charge in [-0.2, -0.15) is 0 Å². The number of hydrogen-bond acceptors (Lipinski definition) is 7. The Kier molecular flexibility index (Phi) is 8.35. The Labute approximate surface area is 165 Å². The molecule has 1 aliphatic rings. The molecule has 1 aliphatic carbocycles. The lowest BCUT2D eigenvalue weighted by Crippen LogP contribution is -2.54. The number of rotatable bonds is 8. The van der Waals surface area contributed by atoms with Crippen molar-refractivity contribution < 1.29 is 34.4 Å². The number of hydrogen-bond donors (Lipinski definition) is 3. The molecular formula is C21H30O7. The van der Waals surface area contributed by atoms with Gasteiger partial charge in [0.25, 0.3) is 0 Å². The van der Waals surface area contributed by atoms with Crippen LogP contribution in [0.25, 0.3) is 0 Å². The van der Waals surface area contributed by atoms with Crippen LogP contribution in [0.15, 0.2) is 48.6 Å². The van der Waals surface area contributed by atoms with Gasteiger partial charge in [-0.3, -0.25) is 0 Å². The molecule has 1 saturated carbocycles. The summed E-state index contributed by atoms with van der Waals surface area (Å²) in [5, 5.41) is 30.0. The zero-order valence-corrected chi connectivity index (χ0v) is 16.7. The number of esters is 2. The quantitative estimate of drug-likeness (QED) is 0.323. The lowest BCUT2D eigenvalue weighted by atomic mass is 9.58. The maximum Gasteiger partial charge on any atom is 0.336 e. The number of aliphatic hydroxyl groups is 3. The van der Waals surface area contributed by atoms with E-state index < -0.39 is 48.0 Å². The molecule has 0 unspecified atom stereocenters. The van der Waals surface area contributed by atoms with Gasteiger partial charge in [0, 0.05) is 11.5 Å². The molecule has 0 aliphatic heterocycles. The second-order valence-corrected chi connectivity index (χ2v) is 7.16. The summed E-state index contributed by atoms with van der Waals surface area (Å²) in [6.45, 7) is 13.9. The van der Waals surface area contributed by atoms with Crippen LogP contribution in [0.1, 0.15) is 20.3 Å². The molecule has 0 aromatic carbocycles. The zero-order valence-electron chi connectivity index (χ0n) is 16.7. The average Bonchev–Trinajstić information content (AvgIpc) is 2.67. The molecule has 0 saturated heterocycles. The molecule has 0 heterocycles. The largest absolute Gasteiger partial charge is 0.466 e. The third-order valence-electron chi connectivity index (χ3n) is 5.46. The predicted molar refractivity (Wildman–Crippen MR) is 104 cm³/mol. The molecule has 28 heavy (non-hydrogen) atoms. The molecular weight excluding hydrogens is 364 g/mol. The Morgan fingerprint density at radius 2 is 1.82 bits per heavy atom. The normalized spacial score (nSPS) is 30.3. The fourth-order valence-electron chi connectivity index (χ4n) is 3.82. The van der Waals surface area contributed by atoms with Crippen LogP contribution >= 0.6 is 0 Å². The van der Waals surface area contributed by atoms with E-state index in [2.05, 4.69) is 19.7 Å². The van der Waals surface area contributed by atoms with Gasteiger partial charge in [-0.25, -0.2) is 9.59 Å². The van der Waals surface area contributed by atoms with Gasteiger partial charge in [0.1, 0.15) is 6.10 Å². The van der Waals surface area contributed by atoms with E-state index in [1.165, 1.54) is 13.2 Å². The number of carbonyl (C=O) groups excluding carboxylic acids is 2. The van der Waals surface area contributed by atoms with E-state index in [1.807, 2.05) is 0 Å². The summed E-state index contributed by atoms with van der Waals surface area (Å²) in [6, 6.07) is 0. The van der Waals surface area contributed by atoms with Crippen LogP contribution in [0, 0.1) is 17.3 Å². The number of aliphatic hydroxyl groups excluding tert-OH is 3. The molecule has 1 rings (SSSR count). The van der Waals surface area contributed by atoms with Crippen molar-refractivity contribution in [1.29, 1.82) is 0 Å². The number of carbonyl (C=O) groups is 2. The summed E-state index contributed by atoms with van der Waals surface area (Å²) in [5.41, 5.74) is -0.404. The van der Waals surface area contributed by atoms with Gasteiger partial charge in [0.2, 0.25) is 0 Å². The van der Waals surface area contributed by atoms with Crippen molar-refractivity contribution in [3.05, 3.63) is 48.6 Å². The van der Waals surface area contributed by atoms with E-state index in [0.29, 0.717) is 5.57 Å². The first-order chi connectivity index (χ1) is 13.1. The van der Waals surface area contributed by atoms with Gasteiger partial charge >= 0.3 is 11.9 Å². The van der Waals surface area contributed by atoms with Crippen molar-refractivity contribution in [3.63, 3.8) is 0 Å². The summed E-state index contributed by atoms with van der Waals surface area (Å²) >= 11 is 0. The average molecular weight is 394 g/mol. The van der Waals surface area contributed by atoms with E-state index in [1.54, 1.807) is 19.9 Å². The Balaban J connectivity index is 3.42. The SMILES string of the molecule is C=C[C@]1(C)C[C@H](OC(=O)/C(=C\C)CO)[C@@H](C(=C)C(=O)OC)[C@H](O)[C@H]1C(=C)CO. The van der Waals surface area contributed by atoms with Crippen molar-refractivity contribution in [2.45, 2.75) is 32.5 Å². The third kappa shape index (κ3) is 4.60. The van der Waals surface area contributed by atoms with Gasteiger partial charge < -0.3 is 24.8 Å². The number of methoxy groups -OCH3 is 1. The molecule has 5 atom stereocenters. The molecule has 156 valence electrons. The van der Waals surface area contributed by atoms with Gasteiger partial charge in [-0.15, -0.1) is 6.58 Å². The zero-order chi connectivity index (χ0) is 21.6. The lowest BCUT2D eigenvalue weighted by Gasteiger charge is -2.50. The molecule has 0 spiro atoms. The van der Waals surface area contributed by atoms with Gasteiger partial charge in [0.15, 0.2) is 0 Å². The smallest absolute Gasteiger partial charge is 0.336 e. The molecule has 1 fully saturated rings. The minimum atomic E-state index is -1.23. The third-order valence-corrected chi connectivity index (χ3v) is 5.46. The molecule has 0 bridgehead atoms. The van der Waals surface area contributed by atoms with E-state index in [4.69, 9.17) is 9.47 Å². The van der Waals surface area contributed by atoms with Gasteiger partial charge in [-0.05, 0) is 24.3 Å². The molecule has 0 amide bonds. The Hall–Kier alpha value is -2.22. The van der Waals surface area contributed by atoms with Crippen LogP contribution in [0.5, 0.6) is 0 Å². The van der Waals surface area contributed by atoms with Crippen LogP contribution < -0.4 is 0 Å². The summed E-state index contributed by atoms with van der Waals surface area (Å²) in [7, 11) is 1.19. The maximum absolute atomic E-state index is 12.4. The second kappa shape index (κ2) is 9.82. The molecule has 0 radical (unpaired) electrons. The molecule has 0 aromatic rings. The molecule has 0 aromatic heterocycles. The Morgan fingerprint density at radius 1 is 1.21 bits per heavy atom. The van der Waals surface area contributed by atoms with Crippen LogP contribution in [0.4, 0.5) is 0 Å². The summed E-state index contributed by atoms with van der Waals surface area (Å²) < 4.78 is 10.3. The van der Waals surface area contributed by atoms with Crippen LogP contribution in [0.3, 0.4) is 0 Å². The van der Waals surface area contributed by atoms with Crippen molar-refractivity contribution in [2.24, 2.45) is 17.3 Å². The standard InChI is InChI=1S/C21H30O7/c1-7-14(11-23)20(26)28-15-9-21(5,8-2)17(12(3)10-22)18(24)16(15)13(4)19(25)27-6/h7-8,15-18,22-24H,2-4,9-11H2,1,5-6H3/b14-7-/t15-,16+,17+,18-,21+/m0/s1. The fraction of sp³-hybridized carbons (Fsp3) is 0.524. The monoisotopic (exact) mass is 394 g/mol. The summed E-state index contributed by atoms with van der Waals surface area (Å²) in [6.07, 6.45) is 1.08. The summed E-state index contributed by atoms with van der Waals surface area (Å²) in [5.74, 6) is -3.12. The van der Waals surface area contributed by atoms with E-state index >= 15 is 0 Å². The van der Waals surface area contributed by atoms with Gasteiger partial charge in [0.05, 0.1) is 37.9 Å².